The van der Waals surface area contributed by atoms with Gasteiger partial charge in [0.1, 0.15) is 0 Å². The second kappa shape index (κ2) is 8.30. The number of carbonyl (C=O) groups excluding carboxylic acids is 1. The molecule has 1 N–H and O–H groups in total. The van der Waals surface area contributed by atoms with E-state index >= 15 is 0 Å². The van der Waals surface area contributed by atoms with Crippen molar-refractivity contribution in [2.45, 2.75) is 44.4 Å². The molecule has 1 amide bonds. The van der Waals surface area contributed by atoms with Crippen LogP contribution in [0.4, 0.5) is 13.2 Å². The van der Waals surface area contributed by atoms with Gasteiger partial charge in [0.15, 0.2) is 0 Å². The molecule has 0 saturated heterocycles. The van der Waals surface area contributed by atoms with Crippen LogP contribution in [0.15, 0.2) is 54.9 Å². The number of halogens is 3. The third kappa shape index (κ3) is 4.22. The van der Waals surface area contributed by atoms with E-state index in [4.69, 9.17) is 0 Å². The maximum absolute atomic E-state index is 13.2. The number of nitrogens with one attached hydrogen (secondary N) is 1. The van der Waals surface area contributed by atoms with E-state index in [0.29, 0.717) is 5.69 Å². The third-order valence-electron chi connectivity index (χ3n) is 5.34. The van der Waals surface area contributed by atoms with Gasteiger partial charge < -0.3 is 5.32 Å². The molecule has 8 heteroatoms. The molecule has 1 aliphatic carbocycles. The van der Waals surface area contributed by atoms with Gasteiger partial charge in [-0.3, -0.25) is 14.5 Å². The first-order valence-electron chi connectivity index (χ1n) is 9.87. The van der Waals surface area contributed by atoms with Gasteiger partial charge in [-0.25, -0.2) is 0 Å². The van der Waals surface area contributed by atoms with Gasteiger partial charge >= 0.3 is 6.18 Å². The lowest BCUT2D eigenvalue weighted by Gasteiger charge is -2.14. The van der Waals surface area contributed by atoms with Crippen LogP contribution in [0.25, 0.3) is 11.3 Å². The van der Waals surface area contributed by atoms with E-state index in [-0.39, 0.29) is 12.6 Å². The van der Waals surface area contributed by atoms with Gasteiger partial charge in [0.2, 0.25) is 0 Å². The summed E-state index contributed by atoms with van der Waals surface area (Å²) < 4.78 is 41.5. The molecule has 1 saturated carbocycles. The topological polar surface area (TPSA) is 59.8 Å². The standard InChI is InChI=1S/C22H21F3N4O/c23-22(24,25)19-8-4-3-7-18(19)21(30)27-14-16-13-20(15-9-11-26-12-10-15)29(28-16)17-5-1-2-6-17/h3-4,7-13,17H,1-2,5-6,14H2,(H,27,30). The van der Waals surface area contributed by atoms with Crippen molar-refractivity contribution < 1.29 is 18.0 Å². The van der Waals surface area contributed by atoms with Crippen LogP contribution in [-0.4, -0.2) is 20.7 Å². The Balaban J connectivity index is 1.57. The lowest BCUT2D eigenvalue weighted by atomic mass is 10.1. The number of nitrogens with zero attached hydrogens (tertiary/aromatic N) is 3. The van der Waals surface area contributed by atoms with E-state index in [1.807, 2.05) is 22.9 Å². The smallest absolute Gasteiger partial charge is 0.346 e. The van der Waals surface area contributed by atoms with Gasteiger partial charge in [0.25, 0.3) is 5.91 Å². The molecule has 3 aromatic rings. The zero-order valence-corrected chi connectivity index (χ0v) is 16.2. The molecule has 30 heavy (non-hydrogen) atoms. The zero-order chi connectivity index (χ0) is 21.1. The van der Waals surface area contributed by atoms with E-state index in [9.17, 15) is 18.0 Å². The highest BCUT2D eigenvalue weighted by molar-refractivity contribution is 5.95. The van der Waals surface area contributed by atoms with Crippen molar-refractivity contribution in [2.75, 3.05) is 0 Å². The summed E-state index contributed by atoms with van der Waals surface area (Å²) in [6.45, 7) is 0.0445. The molecular weight excluding hydrogens is 393 g/mol. The number of aromatic nitrogens is 3. The Morgan fingerprint density at radius 2 is 1.80 bits per heavy atom. The van der Waals surface area contributed by atoms with Crippen LogP contribution in [0, 0.1) is 0 Å². The monoisotopic (exact) mass is 414 g/mol. The molecule has 5 nitrogen and oxygen atoms in total. The predicted molar refractivity (Wildman–Crippen MR) is 106 cm³/mol. The summed E-state index contributed by atoms with van der Waals surface area (Å²) in [7, 11) is 0. The first kappa shape index (κ1) is 20.1. The van der Waals surface area contributed by atoms with Gasteiger partial charge in [-0.1, -0.05) is 25.0 Å². The van der Waals surface area contributed by atoms with Crippen molar-refractivity contribution in [3.05, 3.63) is 71.7 Å². The van der Waals surface area contributed by atoms with Crippen molar-refractivity contribution in [1.29, 1.82) is 0 Å². The Hall–Kier alpha value is -3.16. The molecule has 1 aromatic carbocycles. The molecule has 2 aromatic heterocycles. The summed E-state index contributed by atoms with van der Waals surface area (Å²) in [4.78, 5) is 16.5. The van der Waals surface area contributed by atoms with Gasteiger partial charge in [-0.2, -0.15) is 18.3 Å². The van der Waals surface area contributed by atoms with Crippen molar-refractivity contribution in [3.63, 3.8) is 0 Å². The number of hydrogen-bond acceptors (Lipinski definition) is 3. The van der Waals surface area contributed by atoms with Crippen molar-refractivity contribution in [3.8, 4) is 11.3 Å². The van der Waals surface area contributed by atoms with E-state index in [1.165, 1.54) is 18.2 Å². The van der Waals surface area contributed by atoms with E-state index in [2.05, 4.69) is 15.4 Å². The van der Waals surface area contributed by atoms with Crippen LogP contribution in [-0.2, 0) is 12.7 Å². The summed E-state index contributed by atoms with van der Waals surface area (Å²) in [5.74, 6) is -0.774. The number of carbonyl (C=O) groups is 1. The van der Waals surface area contributed by atoms with E-state index < -0.39 is 23.2 Å². The lowest BCUT2D eigenvalue weighted by molar-refractivity contribution is -0.137. The quantitative estimate of drug-likeness (QED) is 0.639. The number of benzene rings is 1. The average molecular weight is 414 g/mol. The normalized spacial score (nSPS) is 14.8. The van der Waals surface area contributed by atoms with Crippen LogP contribution in [0.2, 0.25) is 0 Å². The summed E-state index contributed by atoms with van der Waals surface area (Å²) in [6, 6.07) is 10.7. The van der Waals surface area contributed by atoms with Crippen molar-refractivity contribution >= 4 is 5.91 Å². The number of alkyl halides is 3. The fourth-order valence-electron chi connectivity index (χ4n) is 3.89. The summed E-state index contributed by atoms with van der Waals surface area (Å²) >= 11 is 0. The van der Waals surface area contributed by atoms with Gasteiger partial charge in [-0.15, -0.1) is 0 Å². The fourth-order valence-corrected chi connectivity index (χ4v) is 3.89. The van der Waals surface area contributed by atoms with E-state index in [1.54, 1.807) is 12.4 Å². The number of amides is 1. The molecule has 1 aliphatic rings. The minimum atomic E-state index is -4.59. The molecule has 0 atom stereocenters. The Morgan fingerprint density at radius 1 is 1.10 bits per heavy atom. The molecule has 0 unspecified atom stereocenters. The third-order valence-corrected chi connectivity index (χ3v) is 5.34. The SMILES string of the molecule is O=C(NCc1cc(-c2ccncc2)n(C2CCCC2)n1)c1ccccc1C(F)(F)F. The Labute approximate surface area is 171 Å². The minimum absolute atomic E-state index is 0.0445. The summed E-state index contributed by atoms with van der Waals surface area (Å²) in [5, 5.41) is 7.25. The Kier molecular flexibility index (Phi) is 5.57. The predicted octanol–water partition coefficient (Wildman–Crippen LogP) is 5.01. The molecular formula is C22H21F3N4O. The highest BCUT2D eigenvalue weighted by Gasteiger charge is 2.34. The Morgan fingerprint density at radius 3 is 2.50 bits per heavy atom. The second-order valence-corrected chi connectivity index (χ2v) is 7.37. The first-order chi connectivity index (χ1) is 14.4. The molecule has 0 radical (unpaired) electrons. The maximum Gasteiger partial charge on any atom is 0.417 e. The number of pyridine rings is 1. The summed E-state index contributed by atoms with van der Waals surface area (Å²) in [5.41, 5.74) is 1.14. The molecule has 4 rings (SSSR count). The van der Waals surface area contributed by atoms with Gasteiger partial charge in [-0.05, 0) is 43.2 Å². The first-order valence-corrected chi connectivity index (χ1v) is 9.87. The van der Waals surface area contributed by atoms with Crippen molar-refractivity contribution in [1.82, 2.24) is 20.1 Å². The molecule has 1 fully saturated rings. The number of hydrogen-bond donors (Lipinski definition) is 1. The highest BCUT2D eigenvalue weighted by Crippen LogP contribution is 2.34. The molecule has 156 valence electrons. The van der Waals surface area contributed by atoms with Crippen LogP contribution < -0.4 is 5.32 Å². The fraction of sp³-hybridized carbons (Fsp3) is 0.318. The van der Waals surface area contributed by atoms with Crippen LogP contribution in [0.1, 0.15) is 53.3 Å². The highest BCUT2D eigenvalue weighted by atomic mass is 19.4. The second-order valence-electron chi connectivity index (χ2n) is 7.37. The molecule has 2 heterocycles. The Bertz CT molecular complexity index is 1020. The largest absolute Gasteiger partial charge is 0.417 e. The lowest BCUT2D eigenvalue weighted by Crippen LogP contribution is -2.26. The molecule has 0 bridgehead atoms. The molecule has 0 aliphatic heterocycles. The van der Waals surface area contributed by atoms with Crippen LogP contribution >= 0.6 is 0 Å². The van der Waals surface area contributed by atoms with Gasteiger partial charge in [0.05, 0.1) is 35.1 Å². The number of rotatable bonds is 5. The van der Waals surface area contributed by atoms with Crippen LogP contribution in [0.3, 0.4) is 0 Å². The van der Waals surface area contributed by atoms with E-state index in [0.717, 1.165) is 43.0 Å². The van der Waals surface area contributed by atoms with Gasteiger partial charge in [0, 0.05) is 18.0 Å². The minimum Gasteiger partial charge on any atom is -0.346 e. The van der Waals surface area contributed by atoms with Crippen molar-refractivity contribution in [2.24, 2.45) is 0 Å². The summed E-state index contributed by atoms with van der Waals surface area (Å²) in [6.07, 6.45) is 3.16. The zero-order valence-electron chi connectivity index (χ0n) is 16.2. The molecule has 0 spiro atoms. The maximum atomic E-state index is 13.2. The average Bonchev–Trinajstić information content (AvgIpc) is 3.42. The van der Waals surface area contributed by atoms with Crippen LogP contribution in [0.5, 0.6) is 0 Å².